The minimum absolute atomic E-state index is 0.0797. The van der Waals surface area contributed by atoms with E-state index >= 15 is 0 Å². The monoisotopic (exact) mass is 1480 g/mol. The summed E-state index contributed by atoms with van der Waals surface area (Å²) in [6.07, 6.45) is 55.4. The molecule has 0 rings (SSSR count). The fourth-order valence-electron chi connectivity index (χ4n) is 12.9. The Balaban J connectivity index is 6.04. The highest BCUT2D eigenvalue weighted by Gasteiger charge is 2.45. The summed E-state index contributed by atoms with van der Waals surface area (Å²) in [4.78, 5) is 130. The van der Waals surface area contributed by atoms with Crippen LogP contribution in [-0.2, 0) is 71.6 Å². The molecule has 0 aliphatic carbocycles. The van der Waals surface area contributed by atoms with E-state index in [1.807, 2.05) is 0 Å². The molecule has 0 radical (unpaired) electrons. The number of hydrogen-bond acceptors (Lipinski definition) is 18. The second-order valence-electron chi connectivity index (χ2n) is 29.3. The van der Waals surface area contributed by atoms with E-state index in [-0.39, 0.29) is 45.4 Å². The van der Waals surface area contributed by atoms with Gasteiger partial charge in [-0.2, -0.15) is 0 Å². The van der Waals surface area contributed by atoms with Gasteiger partial charge < -0.3 is 49.2 Å². The molecule has 606 valence electrons. The molecule has 0 aromatic carbocycles. The third-order valence-electron chi connectivity index (χ3n) is 19.3. The Labute approximate surface area is 626 Å². The first-order valence-corrected chi connectivity index (χ1v) is 41.4. The molecule has 0 amide bonds. The van der Waals surface area contributed by atoms with Crippen LogP contribution >= 0.6 is 0 Å². The summed E-state index contributed by atoms with van der Waals surface area (Å²) in [6.45, 7) is -0.148. The topological polar surface area (TPSA) is 328 Å². The number of rotatable bonds is 80. The lowest BCUT2D eigenvalue weighted by Crippen LogP contribution is -2.54. The third kappa shape index (κ3) is 62.7. The van der Waals surface area contributed by atoms with Crippen molar-refractivity contribution in [3.8, 4) is 0 Å². The van der Waals surface area contributed by atoms with E-state index in [0.29, 0.717) is 51.4 Å². The molecule has 23 heteroatoms. The molecule has 1 unspecified atom stereocenters. The van der Waals surface area contributed by atoms with Crippen molar-refractivity contribution in [1.29, 1.82) is 0 Å². The largest absolute Gasteiger partial charge is 0.480 e. The van der Waals surface area contributed by atoms with Crippen molar-refractivity contribution in [3.63, 3.8) is 0 Å². The van der Waals surface area contributed by atoms with Gasteiger partial charge in [-0.1, -0.05) is 310 Å². The molecule has 0 fully saturated rings. The lowest BCUT2D eigenvalue weighted by Gasteiger charge is -2.34. The van der Waals surface area contributed by atoms with Gasteiger partial charge in [0.1, 0.15) is 32.5 Å². The van der Waals surface area contributed by atoms with Gasteiger partial charge in [-0.15, -0.1) is 0 Å². The van der Waals surface area contributed by atoms with Crippen LogP contribution in [0.4, 0.5) is 0 Å². The SMILES string of the molecule is CCCCCCCCCCCCCCCCCC(=O)OCC(COC(=O)CCCCCCCCCCCCCCCCC)(COC(=O)CCCCCCCCCCCCCCCCC)C(=O)OCCCCCCCC(=O)OCC(C(=O)O)N(CCN(CC(=O)O)CC(=O)O)CN(CC(=O)O)CC(=O)O. The predicted octanol–water partition coefficient (Wildman–Crippen LogP) is 17.5. The summed E-state index contributed by atoms with van der Waals surface area (Å²) in [5, 5.41) is 47.8. The highest BCUT2D eigenvalue weighted by Crippen LogP contribution is 2.26. The third-order valence-corrected chi connectivity index (χ3v) is 19.3. The van der Waals surface area contributed by atoms with Crippen molar-refractivity contribution in [2.45, 2.75) is 374 Å². The number of carbonyl (C=O) groups is 10. The number of hydrogen-bond donors (Lipinski definition) is 5. The lowest BCUT2D eigenvalue weighted by atomic mass is 9.91. The van der Waals surface area contributed by atoms with Gasteiger partial charge >= 0.3 is 59.7 Å². The number of esters is 5. The molecule has 0 aliphatic heterocycles. The Bertz CT molecular complexity index is 2050. The summed E-state index contributed by atoms with van der Waals surface area (Å²) < 4.78 is 28.8. The van der Waals surface area contributed by atoms with Gasteiger partial charge in [0.25, 0.3) is 0 Å². The van der Waals surface area contributed by atoms with E-state index in [1.165, 1.54) is 193 Å². The van der Waals surface area contributed by atoms with Crippen LogP contribution in [0.5, 0.6) is 0 Å². The Hall–Kier alpha value is -5.42. The van der Waals surface area contributed by atoms with Gasteiger partial charge in [0.05, 0.1) is 39.5 Å². The van der Waals surface area contributed by atoms with Crippen LogP contribution in [0, 0.1) is 5.41 Å². The van der Waals surface area contributed by atoms with Crippen molar-refractivity contribution in [2.75, 3.05) is 79.0 Å². The average molecular weight is 1480 g/mol. The molecular weight excluding hydrogens is 1330 g/mol. The van der Waals surface area contributed by atoms with Gasteiger partial charge in [-0.25, -0.2) is 0 Å². The maximum Gasteiger partial charge on any atom is 0.324 e. The van der Waals surface area contributed by atoms with Gasteiger partial charge in [0, 0.05) is 38.8 Å². The molecule has 0 aromatic heterocycles. The van der Waals surface area contributed by atoms with Crippen molar-refractivity contribution in [2.24, 2.45) is 5.41 Å². The van der Waals surface area contributed by atoms with Crippen molar-refractivity contribution < 1.29 is 97.2 Å². The van der Waals surface area contributed by atoms with Crippen LogP contribution in [-0.4, -0.2) is 185 Å². The molecule has 1 atom stereocenters. The summed E-state index contributed by atoms with van der Waals surface area (Å²) in [5.41, 5.74) is -1.85. The first-order chi connectivity index (χ1) is 50.3. The van der Waals surface area contributed by atoms with E-state index in [2.05, 4.69) is 20.8 Å². The molecule has 0 aromatic rings. The van der Waals surface area contributed by atoms with Crippen LogP contribution in [0.1, 0.15) is 367 Å². The van der Waals surface area contributed by atoms with Gasteiger partial charge in [-0.05, 0) is 32.1 Å². The molecular formula is C81H147N3O20. The molecule has 104 heavy (non-hydrogen) atoms. The first-order valence-electron chi connectivity index (χ1n) is 41.4. The van der Waals surface area contributed by atoms with Crippen LogP contribution < -0.4 is 0 Å². The molecule has 0 heterocycles. The summed E-state index contributed by atoms with van der Waals surface area (Å²) in [7, 11) is 0. The lowest BCUT2D eigenvalue weighted by molar-refractivity contribution is -0.180. The zero-order chi connectivity index (χ0) is 76.8. The van der Waals surface area contributed by atoms with Crippen molar-refractivity contribution in [3.05, 3.63) is 0 Å². The van der Waals surface area contributed by atoms with E-state index in [4.69, 9.17) is 23.7 Å². The molecule has 23 nitrogen and oxygen atoms in total. The predicted molar refractivity (Wildman–Crippen MR) is 405 cm³/mol. The summed E-state index contributed by atoms with van der Waals surface area (Å²) >= 11 is 0. The first kappa shape index (κ1) is 98.6. The Morgan fingerprint density at radius 1 is 0.288 bits per heavy atom. The zero-order valence-electron chi connectivity index (χ0n) is 65.4. The molecule has 0 spiro atoms. The van der Waals surface area contributed by atoms with Crippen LogP contribution in [0.25, 0.3) is 0 Å². The van der Waals surface area contributed by atoms with Gasteiger partial charge in [0.15, 0.2) is 5.41 Å². The highest BCUT2D eigenvalue weighted by atomic mass is 16.6. The van der Waals surface area contributed by atoms with Crippen molar-refractivity contribution in [1.82, 2.24) is 14.7 Å². The number of nitrogens with zero attached hydrogens (tertiary/aromatic N) is 3. The molecule has 0 aliphatic rings. The summed E-state index contributed by atoms with van der Waals surface area (Å²) in [6, 6.07) is -1.68. The number of aliphatic carboxylic acids is 5. The van der Waals surface area contributed by atoms with E-state index in [0.717, 1.165) is 91.7 Å². The normalized spacial score (nSPS) is 11.9. The highest BCUT2D eigenvalue weighted by molar-refractivity contribution is 5.80. The minimum atomic E-state index is -1.85. The average Bonchev–Trinajstić information content (AvgIpc) is 0.831. The Morgan fingerprint density at radius 2 is 0.529 bits per heavy atom. The second kappa shape index (κ2) is 70.6. The number of carboxylic acids is 5. The minimum Gasteiger partial charge on any atom is -0.480 e. The van der Waals surface area contributed by atoms with Crippen LogP contribution in [0.3, 0.4) is 0 Å². The molecule has 0 saturated carbocycles. The maximum absolute atomic E-state index is 14.5. The summed E-state index contributed by atoms with van der Waals surface area (Å²) in [5.74, 6) is -10.3. The number of ether oxygens (including phenoxy) is 5. The number of unbranched alkanes of at least 4 members (excludes halogenated alkanes) is 46. The van der Waals surface area contributed by atoms with Gasteiger partial charge in [0.2, 0.25) is 0 Å². The van der Waals surface area contributed by atoms with Crippen LogP contribution in [0.15, 0.2) is 0 Å². The Morgan fingerprint density at radius 3 is 0.788 bits per heavy atom. The van der Waals surface area contributed by atoms with Gasteiger partial charge in [-0.3, -0.25) is 62.6 Å². The second-order valence-corrected chi connectivity index (χ2v) is 29.3. The number of carboxylic acid groups (broad SMARTS) is 5. The van der Waals surface area contributed by atoms with E-state index in [1.54, 1.807) is 0 Å². The fraction of sp³-hybridized carbons (Fsp3) is 0.877. The maximum atomic E-state index is 14.5. The Kier molecular flexibility index (Phi) is 66.9. The van der Waals surface area contributed by atoms with E-state index in [9.17, 15) is 73.5 Å². The standard InChI is InChI=1S/C81H147N3O20/c1-4-7-10-13-16-19-22-25-28-31-34-37-40-44-50-55-76(94)102-66-81(67-103-77(95)56-51-45-41-38-35-32-29-26-23-20-17-14-11-8-5-2,68-104-78(96)57-52-46-42-39-36-33-30-27-24-21-18-15-12-9-6-3)80(99)100-60-53-48-43-47-49-54-75(93)101-65-70(79(97)98)84(69-83(63-73(89)90)64-74(91)92)59-58-82(61-71(85)86)62-72(87)88/h70H,4-69H2,1-3H3,(H,85,86)(H,87,88)(H,89,90)(H,91,92)(H,97,98). The van der Waals surface area contributed by atoms with Crippen molar-refractivity contribution >= 4 is 59.7 Å². The molecule has 5 N–H and O–H groups in total. The quantitative estimate of drug-likeness (QED) is 0.0163. The number of carbonyl (C=O) groups excluding carboxylic acids is 5. The zero-order valence-corrected chi connectivity index (χ0v) is 65.4. The smallest absolute Gasteiger partial charge is 0.324 e. The van der Waals surface area contributed by atoms with E-state index < -0.39 is 130 Å². The molecule has 0 bridgehead atoms. The van der Waals surface area contributed by atoms with Crippen LogP contribution in [0.2, 0.25) is 0 Å². The molecule has 0 saturated heterocycles. The fourth-order valence-corrected chi connectivity index (χ4v) is 12.9.